The van der Waals surface area contributed by atoms with Crippen molar-refractivity contribution >= 4 is 51.3 Å². The van der Waals surface area contributed by atoms with E-state index in [1.807, 2.05) is 24.3 Å². The van der Waals surface area contributed by atoms with Gasteiger partial charge in [0.2, 0.25) is 0 Å². The molecule has 0 saturated heterocycles. The van der Waals surface area contributed by atoms with Gasteiger partial charge in [-0.3, -0.25) is 0 Å². The molecule has 1 aromatic carbocycles. The van der Waals surface area contributed by atoms with Gasteiger partial charge in [-0.05, 0) is 40.8 Å². The maximum Gasteiger partial charge on any atom is 0.148 e. The van der Waals surface area contributed by atoms with E-state index >= 15 is 0 Å². The van der Waals surface area contributed by atoms with Gasteiger partial charge in [-0.1, -0.05) is 18.3 Å². The number of rotatable bonds is 3. The quantitative estimate of drug-likeness (QED) is 0.654. The fraction of sp³-hybridized carbons (Fsp3) is 0. The van der Waals surface area contributed by atoms with E-state index in [1.165, 1.54) is 0 Å². The molecule has 0 unspecified atom stereocenters. The highest BCUT2D eigenvalue weighted by Gasteiger charge is 2.00. The van der Waals surface area contributed by atoms with Gasteiger partial charge in [0.15, 0.2) is 0 Å². The summed E-state index contributed by atoms with van der Waals surface area (Å²) in [5.74, 6) is 0.659. The van der Waals surface area contributed by atoms with Crippen molar-refractivity contribution < 1.29 is 0 Å². The van der Waals surface area contributed by atoms with Crippen molar-refractivity contribution in [3.8, 4) is 0 Å². The Kier molecular flexibility index (Phi) is 3.85. The van der Waals surface area contributed by atoms with Crippen molar-refractivity contribution in [2.24, 2.45) is 5.73 Å². The lowest BCUT2D eigenvalue weighted by atomic mass is 10.3. The van der Waals surface area contributed by atoms with Gasteiger partial charge in [0.05, 0.1) is 12.4 Å². The van der Waals surface area contributed by atoms with Gasteiger partial charge in [0.1, 0.15) is 16.5 Å². The van der Waals surface area contributed by atoms with Crippen LogP contribution in [0.2, 0.25) is 0 Å². The zero-order valence-electron chi connectivity index (χ0n) is 8.72. The molecule has 0 saturated carbocycles. The lowest BCUT2D eigenvalue weighted by Gasteiger charge is -2.05. The molecule has 0 spiro atoms. The van der Waals surface area contributed by atoms with E-state index in [4.69, 9.17) is 18.0 Å². The van der Waals surface area contributed by atoms with E-state index in [9.17, 15) is 0 Å². The minimum Gasteiger partial charge on any atom is -0.388 e. The number of nitrogens with zero attached hydrogens (tertiary/aromatic N) is 2. The van der Waals surface area contributed by atoms with Crippen molar-refractivity contribution in [2.45, 2.75) is 0 Å². The molecule has 0 atom stereocenters. The molecule has 86 valence electrons. The van der Waals surface area contributed by atoms with Gasteiger partial charge in [0.25, 0.3) is 0 Å². The minimum atomic E-state index is 0.248. The van der Waals surface area contributed by atoms with Gasteiger partial charge in [-0.25, -0.2) is 9.97 Å². The minimum absolute atomic E-state index is 0.248. The zero-order chi connectivity index (χ0) is 12.3. The number of benzene rings is 1. The molecule has 2 rings (SSSR count). The molecule has 0 aliphatic carbocycles. The molecule has 0 bridgehead atoms. The topological polar surface area (TPSA) is 63.8 Å². The van der Waals surface area contributed by atoms with Crippen molar-refractivity contribution in [2.75, 3.05) is 5.32 Å². The molecular formula is C11H9IN4S. The highest BCUT2D eigenvalue weighted by Crippen LogP contribution is 2.16. The number of anilines is 2. The van der Waals surface area contributed by atoms with E-state index < -0.39 is 0 Å². The molecule has 17 heavy (non-hydrogen) atoms. The van der Waals surface area contributed by atoms with Crippen LogP contribution in [0.3, 0.4) is 0 Å². The summed E-state index contributed by atoms with van der Waals surface area (Å²) in [4.78, 5) is 8.53. The molecule has 3 N–H and O–H groups in total. The van der Waals surface area contributed by atoms with E-state index in [0.29, 0.717) is 11.5 Å². The Hall–Kier alpha value is -1.28. The van der Waals surface area contributed by atoms with Crippen molar-refractivity contribution in [1.29, 1.82) is 0 Å². The summed E-state index contributed by atoms with van der Waals surface area (Å²) in [5.41, 5.74) is 6.93. The first-order valence-electron chi connectivity index (χ1n) is 4.79. The third-order valence-electron chi connectivity index (χ3n) is 2.00. The van der Waals surface area contributed by atoms with Crippen molar-refractivity contribution in [3.63, 3.8) is 0 Å². The largest absolute Gasteiger partial charge is 0.388 e. The van der Waals surface area contributed by atoms with Crippen LogP contribution >= 0.6 is 34.8 Å². The second-order valence-electron chi connectivity index (χ2n) is 3.29. The maximum atomic E-state index is 5.44. The smallest absolute Gasteiger partial charge is 0.148 e. The van der Waals surface area contributed by atoms with Crippen molar-refractivity contribution in [3.05, 3.63) is 45.9 Å². The first kappa shape index (κ1) is 12.2. The maximum absolute atomic E-state index is 5.44. The number of thiocarbonyl (C=S) groups is 1. The monoisotopic (exact) mass is 356 g/mol. The summed E-state index contributed by atoms with van der Waals surface area (Å²) in [5, 5.41) is 3.15. The van der Waals surface area contributed by atoms with E-state index in [2.05, 4.69) is 37.9 Å². The number of nitrogens with one attached hydrogen (secondary N) is 1. The molecular weight excluding hydrogens is 347 g/mol. The molecule has 0 aliphatic heterocycles. The first-order valence-corrected chi connectivity index (χ1v) is 6.28. The average molecular weight is 356 g/mol. The standard InChI is InChI=1S/C11H9IN4S/c12-7-2-1-3-8(4-7)16-10-6-14-9(5-15-10)11(13)17/h1-6H,(H2,13,17)(H,15,16). The Labute approximate surface area is 118 Å². The van der Waals surface area contributed by atoms with E-state index in [1.54, 1.807) is 12.4 Å². The van der Waals surface area contributed by atoms with Crippen LogP contribution in [-0.4, -0.2) is 15.0 Å². The number of hydrogen-bond donors (Lipinski definition) is 2. The number of halogens is 1. The van der Waals surface area contributed by atoms with Gasteiger partial charge in [0, 0.05) is 9.26 Å². The van der Waals surface area contributed by atoms with Crippen LogP contribution in [0.25, 0.3) is 0 Å². The third-order valence-corrected chi connectivity index (χ3v) is 2.88. The summed E-state index contributed by atoms with van der Waals surface area (Å²) < 4.78 is 1.15. The van der Waals surface area contributed by atoms with E-state index in [0.717, 1.165) is 9.26 Å². The highest BCUT2D eigenvalue weighted by atomic mass is 127. The summed E-state index contributed by atoms with van der Waals surface area (Å²) >= 11 is 7.06. The third kappa shape index (κ3) is 3.34. The van der Waals surface area contributed by atoms with Crippen LogP contribution in [0.5, 0.6) is 0 Å². The lowest BCUT2D eigenvalue weighted by molar-refractivity contribution is 1.18. The molecule has 2 aromatic rings. The molecule has 0 radical (unpaired) electrons. The molecule has 1 aromatic heterocycles. The SMILES string of the molecule is NC(=S)c1cnc(Nc2cccc(I)c2)cn1. The zero-order valence-corrected chi connectivity index (χ0v) is 11.7. The van der Waals surface area contributed by atoms with Crippen molar-refractivity contribution in [1.82, 2.24) is 9.97 Å². The second kappa shape index (κ2) is 5.37. The molecule has 0 amide bonds. The van der Waals surface area contributed by atoms with Crippen LogP contribution < -0.4 is 11.1 Å². The van der Waals surface area contributed by atoms with Gasteiger partial charge in [-0.2, -0.15) is 0 Å². The lowest BCUT2D eigenvalue weighted by Crippen LogP contribution is -2.12. The summed E-state index contributed by atoms with van der Waals surface area (Å²) in [6, 6.07) is 7.98. The van der Waals surface area contributed by atoms with Crippen LogP contribution in [0.1, 0.15) is 5.69 Å². The fourth-order valence-electron chi connectivity index (χ4n) is 1.23. The first-order chi connectivity index (χ1) is 8.15. The normalized spacial score (nSPS) is 9.94. The predicted octanol–water partition coefficient (Wildman–Crippen LogP) is 2.46. The van der Waals surface area contributed by atoms with E-state index in [-0.39, 0.29) is 4.99 Å². The average Bonchev–Trinajstić information content (AvgIpc) is 2.29. The molecule has 6 heteroatoms. The molecule has 4 nitrogen and oxygen atoms in total. The Morgan fingerprint density at radius 3 is 2.71 bits per heavy atom. The number of hydrogen-bond acceptors (Lipinski definition) is 4. The van der Waals surface area contributed by atoms with Gasteiger partial charge in [-0.15, -0.1) is 0 Å². The Morgan fingerprint density at radius 2 is 2.12 bits per heavy atom. The number of aromatic nitrogens is 2. The number of nitrogens with two attached hydrogens (primary N) is 1. The van der Waals surface area contributed by atoms with Crippen LogP contribution in [0.4, 0.5) is 11.5 Å². The highest BCUT2D eigenvalue weighted by molar-refractivity contribution is 14.1. The molecule has 1 heterocycles. The summed E-state index contributed by atoms with van der Waals surface area (Å²) in [6.45, 7) is 0. The van der Waals surface area contributed by atoms with Crippen LogP contribution in [0, 0.1) is 3.57 Å². The Balaban J connectivity index is 2.16. The fourth-order valence-corrected chi connectivity index (χ4v) is 1.88. The van der Waals surface area contributed by atoms with Crippen LogP contribution in [-0.2, 0) is 0 Å². The predicted molar refractivity (Wildman–Crippen MR) is 80.4 cm³/mol. The van der Waals surface area contributed by atoms with Gasteiger partial charge < -0.3 is 11.1 Å². The van der Waals surface area contributed by atoms with Gasteiger partial charge >= 0.3 is 0 Å². The summed E-state index contributed by atoms with van der Waals surface area (Å²) in [6.07, 6.45) is 3.16. The summed E-state index contributed by atoms with van der Waals surface area (Å²) in [7, 11) is 0. The Morgan fingerprint density at radius 1 is 1.29 bits per heavy atom. The second-order valence-corrected chi connectivity index (χ2v) is 4.97. The molecule has 0 fully saturated rings. The van der Waals surface area contributed by atoms with Crippen LogP contribution in [0.15, 0.2) is 36.7 Å². The Bertz CT molecular complexity index is 541. The molecule has 0 aliphatic rings.